The van der Waals surface area contributed by atoms with Gasteiger partial charge in [0.15, 0.2) is 9.84 Å². The molecule has 2 aromatic rings. The van der Waals surface area contributed by atoms with Crippen LogP contribution in [0.2, 0.25) is 0 Å². The van der Waals surface area contributed by atoms with Gasteiger partial charge in [-0.15, -0.1) is 11.3 Å². The maximum absolute atomic E-state index is 12.9. The summed E-state index contributed by atoms with van der Waals surface area (Å²) in [6, 6.07) is 6.22. The largest absolute Gasteiger partial charge is 0.468 e. The Hall–Kier alpha value is -2.17. The number of thiophene rings is 1. The van der Waals surface area contributed by atoms with Gasteiger partial charge in [-0.3, -0.25) is 9.59 Å². The highest BCUT2D eigenvalue weighted by atomic mass is 32.2. The van der Waals surface area contributed by atoms with Gasteiger partial charge >= 0.3 is 11.8 Å². The molecule has 3 heterocycles. The topological polar surface area (TPSA) is 115 Å². The van der Waals surface area contributed by atoms with Gasteiger partial charge in [-0.2, -0.15) is 0 Å². The van der Waals surface area contributed by atoms with Crippen molar-refractivity contribution >= 4 is 33.0 Å². The van der Waals surface area contributed by atoms with Crippen LogP contribution in [0, 0.1) is 0 Å². The predicted molar refractivity (Wildman–Crippen MR) is 97.9 cm³/mol. The minimum Gasteiger partial charge on any atom is -0.468 e. The summed E-state index contributed by atoms with van der Waals surface area (Å²) in [4.78, 5) is 24.0. The van der Waals surface area contributed by atoms with Crippen molar-refractivity contribution in [2.45, 2.75) is 28.4 Å². The lowest BCUT2D eigenvalue weighted by Crippen LogP contribution is -2.44. The molecule has 146 valence electrons. The molecular weight excluding hydrogens is 392 g/mol. The average molecular weight is 412 g/mol. The van der Waals surface area contributed by atoms with E-state index in [0.717, 1.165) is 24.2 Å². The summed E-state index contributed by atoms with van der Waals surface area (Å²) >= 11 is 1.08. The van der Waals surface area contributed by atoms with Crippen molar-refractivity contribution < 1.29 is 27.2 Å². The second-order valence-electron chi connectivity index (χ2n) is 6.04. The van der Waals surface area contributed by atoms with Crippen LogP contribution < -0.4 is 10.6 Å². The van der Waals surface area contributed by atoms with E-state index in [-0.39, 0.29) is 29.2 Å². The number of ether oxygens (including phenoxy) is 1. The molecule has 0 aromatic carbocycles. The molecule has 3 rings (SSSR count). The van der Waals surface area contributed by atoms with Gasteiger partial charge < -0.3 is 19.8 Å². The minimum atomic E-state index is -3.77. The fraction of sp³-hybridized carbons (Fsp3) is 0.412. The summed E-state index contributed by atoms with van der Waals surface area (Å²) in [5.41, 5.74) is 0. The van der Waals surface area contributed by atoms with Gasteiger partial charge in [-0.25, -0.2) is 8.42 Å². The quantitative estimate of drug-likeness (QED) is 0.662. The Labute approximate surface area is 160 Å². The lowest BCUT2D eigenvalue weighted by atomic mass is 10.2. The maximum Gasteiger partial charge on any atom is 0.309 e. The lowest BCUT2D eigenvalue weighted by Gasteiger charge is -2.16. The van der Waals surface area contributed by atoms with E-state index >= 15 is 0 Å². The van der Waals surface area contributed by atoms with Crippen LogP contribution in [0.4, 0.5) is 0 Å². The summed E-state index contributed by atoms with van der Waals surface area (Å²) in [5.74, 6) is -1.52. The fourth-order valence-corrected chi connectivity index (χ4v) is 5.55. The third kappa shape index (κ3) is 4.76. The first-order valence-corrected chi connectivity index (χ1v) is 10.9. The highest BCUT2D eigenvalue weighted by Crippen LogP contribution is 2.31. The van der Waals surface area contributed by atoms with Crippen molar-refractivity contribution in [2.24, 2.45) is 0 Å². The molecule has 8 nitrogen and oxygen atoms in total. The van der Waals surface area contributed by atoms with Gasteiger partial charge in [0.2, 0.25) is 0 Å². The van der Waals surface area contributed by atoms with Crippen LogP contribution in [-0.4, -0.2) is 46.0 Å². The summed E-state index contributed by atoms with van der Waals surface area (Å²) in [6.07, 6.45) is 3.04. The minimum absolute atomic E-state index is 0.0863. The van der Waals surface area contributed by atoms with E-state index in [1.165, 1.54) is 18.4 Å². The second-order valence-corrected chi connectivity index (χ2v) is 9.34. The smallest absolute Gasteiger partial charge is 0.309 e. The molecule has 0 spiro atoms. The number of nitrogens with one attached hydrogen (secondary N) is 2. The first-order chi connectivity index (χ1) is 13.0. The van der Waals surface area contributed by atoms with Gasteiger partial charge in [0, 0.05) is 19.7 Å². The molecular formula is C17H20N2O6S2. The lowest BCUT2D eigenvalue weighted by molar-refractivity contribution is -0.139. The Morgan fingerprint density at radius 3 is 2.67 bits per heavy atom. The van der Waals surface area contributed by atoms with Crippen molar-refractivity contribution in [3.8, 4) is 0 Å². The van der Waals surface area contributed by atoms with Crippen LogP contribution >= 0.6 is 11.3 Å². The maximum atomic E-state index is 12.9. The molecule has 0 aliphatic carbocycles. The highest BCUT2D eigenvalue weighted by Gasteiger charge is 2.33. The Bertz CT molecular complexity index is 855. The van der Waals surface area contributed by atoms with E-state index in [4.69, 9.17) is 9.15 Å². The molecule has 0 bridgehead atoms. The molecule has 27 heavy (non-hydrogen) atoms. The molecule has 1 fully saturated rings. The number of rotatable bonds is 7. The van der Waals surface area contributed by atoms with E-state index in [2.05, 4.69) is 10.6 Å². The molecule has 0 radical (unpaired) electrons. The monoisotopic (exact) mass is 412 g/mol. The molecule has 1 aliphatic heterocycles. The van der Waals surface area contributed by atoms with E-state index in [1.807, 2.05) is 0 Å². The SMILES string of the molecule is O=C(NCC1CCCO1)C(=O)NCC(c1ccco1)S(=O)(=O)c1cccs1. The van der Waals surface area contributed by atoms with Crippen LogP contribution in [0.3, 0.4) is 0 Å². The summed E-state index contributed by atoms with van der Waals surface area (Å²) < 4.78 is 36.5. The van der Waals surface area contributed by atoms with Crippen molar-refractivity contribution in [2.75, 3.05) is 19.7 Å². The van der Waals surface area contributed by atoms with Crippen LogP contribution in [0.25, 0.3) is 0 Å². The molecule has 2 N–H and O–H groups in total. The number of hydrogen-bond donors (Lipinski definition) is 2. The number of hydrogen-bond acceptors (Lipinski definition) is 7. The molecule has 10 heteroatoms. The third-order valence-electron chi connectivity index (χ3n) is 4.18. The molecule has 2 amide bonds. The van der Waals surface area contributed by atoms with Crippen molar-refractivity contribution in [3.63, 3.8) is 0 Å². The summed E-state index contributed by atoms with van der Waals surface area (Å²) in [6.45, 7) is 0.624. The van der Waals surface area contributed by atoms with Crippen molar-refractivity contribution in [1.82, 2.24) is 10.6 Å². The zero-order valence-corrected chi connectivity index (χ0v) is 16.1. The van der Waals surface area contributed by atoms with E-state index in [9.17, 15) is 18.0 Å². The van der Waals surface area contributed by atoms with Crippen LogP contribution in [0.1, 0.15) is 23.9 Å². The number of carbonyl (C=O) groups excluding carboxylic acids is 2. The number of sulfone groups is 1. The normalized spacial score (nSPS) is 18.1. The first kappa shape index (κ1) is 19.6. The molecule has 0 saturated carbocycles. The zero-order valence-electron chi connectivity index (χ0n) is 14.4. The van der Waals surface area contributed by atoms with Gasteiger partial charge in [0.05, 0.1) is 12.4 Å². The number of carbonyl (C=O) groups is 2. The van der Waals surface area contributed by atoms with Crippen molar-refractivity contribution in [3.05, 3.63) is 41.7 Å². The van der Waals surface area contributed by atoms with E-state index in [1.54, 1.807) is 17.5 Å². The van der Waals surface area contributed by atoms with Gasteiger partial charge in [-0.1, -0.05) is 6.07 Å². The molecule has 2 aromatic heterocycles. The Kier molecular flexibility index (Phi) is 6.30. The second kappa shape index (κ2) is 8.68. The van der Waals surface area contributed by atoms with Crippen molar-refractivity contribution in [1.29, 1.82) is 0 Å². The first-order valence-electron chi connectivity index (χ1n) is 8.47. The van der Waals surface area contributed by atoms with Crippen LogP contribution in [0.15, 0.2) is 44.5 Å². The number of furan rings is 1. The molecule has 2 atom stereocenters. The van der Waals surface area contributed by atoms with Gasteiger partial charge in [0.1, 0.15) is 15.2 Å². The van der Waals surface area contributed by atoms with Crippen LogP contribution in [-0.2, 0) is 24.2 Å². The number of amides is 2. The van der Waals surface area contributed by atoms with Crippen LogP contribution in [0.5, 0.6) is 0 Å². The van der Waals surface area contributed by atoms with E-state index < -0.39 is 26.9 Å². The van der Waals surface area contributed by atoms with Gasteiger partial charge in [-0.05, 0) is 36.4 Å². The zero-order chi connectivity index (χ0) is 19.3. The Morgan fingerprint density at radius 2 is 2.04 bits per heavy atom. The third-order valence-corrected chi connectivity index (χ3v) is 7.67. The predicted octanol–water partition coefficient (Wildman–Crippen LogP) is 1.27. The van der Waals surface area contributed by atoms with E-state index in [0.29, 0.717) is 6.61 Å². The van der Waals surface area contributed by atoms with Gasteiger partial charge in [0.25, 0.3) is 0 Å². The highest BCUT2D eigenvalue weighted by molar-refractivity contribution is 7.93. The Morgan fingerprint density at radius 1 is 1.22 bits per heavy atom. The summed E-state index contributed by atoms with van der Waals surface area (Å²) in [5, 5.41) is 5.42. The average Bonchev–Trinajstić information content (AvgIpc) is 3.42. The Balaban J connectivity index is 1.63. The molecule has 1 aliphatic rings. The molecule has 2 unspecified atom stereocenters. The summed E-state index contributed by atoms with van der Waals surface area (Å²) in [7, 11) is -3.77. The molecule has 1 saturated heterocycles. The fourth-order valence-electron chi connectivity index (χ4n) is 2.76. The standard InChI is InChI=1S/C17H20N2O6S2/c20-16(18-10-12-4-1-7-24-12)17(21)19-11-14(13-5-2-8-25-13)27(22,23)15-6-3-9-26-15/h2-3,5-6,8-9,12,14H,1,4,7,10-11H2,(H,18,20)(H,19,21).